The maximum Gasteiger partial charge on any atom is 0.213 e. The van der Waals surface area contributed by atoms with Gasteiger partial charge in [-0.25, -0.2) is 4.98 Å². The maximum atomic E-state index is 11.0. The first kappa shape index (κ1) is 13.9. The number of oxime groups is 1. The van der Waals surface area contributed by atoms with Crippen LogP contribution < -0.4 is 5.32 Å². The molecule has 102 valence electrons. The van der Waals surface area contributed by atoms with Gasteiger partial charge in [0, 0.05) is 5.38 Å². The Hall–Kier alpha value is -2.54. The quantitative estimate of drug-likeness (QED) is 0.479. The predicted octanol–water partition coefficient (Wildman–Crippen LogP) is 1.83. The molecular formula is C13H11N3O3S. The Morgan fingerprint density at radius 1 is 1.35 bits per heavy atom. The number of carbonyl (C=O) groups is 2. The molecule has 0 atom stereocenters. The number of carbonyl (C=O) groups excluding carboxylic acids is 2. The van der Waals surface area contributed by atoms with E-state index >= 15 is 0 Å². The van der Waals surface area contributed by atoms with E-state index in [1.165, 1.54) is 11.3 Å². The molecule has 0 aliphatic carbocycles. The lowest BCUT2D eigenvalue weighted by Gasteiger charge is -2.00. The molecule has 0 bridgehead atoms. The van der Waals surface area contributed by atoms with Gasteiger partial charge in [0.05, 0.1) is 0 Å². The van der Waals surface area contributed by atoms with Crippen molar-refractivity contribution in [3.63, 3.8) is 0 Å². The van der Waals surface area contributed by atoms with Crippen LogP contribution in [0.15, 0.2) is 40.9 Å². The summed E-state index contributed by atoms with van der Waals surface area (Å²) in [4.78, 5) is 30.4. The summed E-state index contributed by atoms with van der Waals surface area (Å²) in [7, 11) is 0. The number of anilines is 1. The number of nitrogens with one attached hydrogen (secondary N) is 1. The van der Waals surface area contributed by atoms with Crippen LogP contribution in [0.4, 0.5) is 5.13 Å². The van der Waals surface area contributed by atoms with Crippen LogP contribution in [-0.4, -0.2) is 23.4 Å². The van der Waals surface area contributed by atoms with E-state index in [0.717, 1.165) is 5.56 Å². The molecule has 0 spiro atoms. The molecule has 0 unspecified atom stereocenters. The standard InChI is InChI=1S/C13H11N3O3S/c17-6-11(12-8-20-13(15-12)14-9-18)16-19-7-10-4-2-1-3-5-10/h1-6,8-9H,7H2,(H,14,15,18). The molecule has 7 heteroatoms. The minimum absolute atomic E-state index is 0.0798. The third kappa shape index (κ3) is 3.72. The van der Waals surface area contributed by atoms with Gasteiger partial charge in [-0.2, -0.15) is 0 Å². The molecule has 1 aromatic carbocycles. The van der Waals surface area contributed by atoms with E-state index < -0.39 is 0 Å². The van der Waals surface area contributed by atoms with Crippen molar-refractivity contribution in [1.82, 2.24) is 4.98 Å². The highest BCUT2D eigenvalue weighted by Crippen LogP contribution is 2.15. The largest absolute Gasteiger partial charge is 0.390 e. The average Bonchev–Trinajstić information content (AvgIpc) is 2.94. The summed E-state index contributed by atoms with van der Waals surface area (Å²) in [6, 6.07) is 9.47. The van der Waals surface area contributed by atoms with Crippen molar-refractivity contribution >= 4 is 34.9 Å². The van der Waals surface area contributed by atoms with Crippen LogP contribution in [0.5, 0.6) is 0 Å². The maximum absolute atomic E-state index is 11.0. The van der Waals surface area contributed by atoms with Gasteiger partial charge in [-0.1, -0.05) is 35.5 Å². The van der Waals surface area contributed by atoms with Gasteiger partial charge in [-0.05, 0) is 5.56 Å². The first-order valence-electron chi connectivity index (χ1n) is 5.68. The number of rotatable bonds is 7. The first-order chi connectivity index (χ1) is 9.83. The molecule has 0 saturated heterocycles. The van der Waals surface area contributed by atoms with Gasteiger partial charge in [0.15, 0.2) is 17.1 Å². The summed E-state index contributed by atoms with van der Waals surface area (Å²) in [5.74, 6) is 0. The van der Waals surface area contributed by atoms with Gasteiger partial charge >= 0.3 is 0 Å². The lowest BCUT2D eigenvalue weighted by molar-refractivity contribution is -0.105. The Morgan fingerprint density at radius 3 is 2.85 bits per heavy atom. The minimum atomic E-state index is 0.0798. The van der Waals surface area contributed by atoms with Crippen molar-refractivity contribution in [2.24, 2.45) is 5.16 Å². The zero-order valence-electron chi connectivity index (χ0n) is 10.4. The third-order valence-corrected chi connectivity index (χ3v) is 3.07. The normalized spacial score (nSPS) is 10.9. The number of benzene rings is 1. The third-order valence-electron chi connectivity index (χ3n) is 2.30. The van der Waals surface area contributed by atoms with Crippen LogP contribution >= 0.6 is 11.3 Å². The van der Waals surface area contributed by atoms with Crippen molar-refractivity contribution in [2.75, 3.05) is 5.32 Å². The molecule has 1 amide bonds. The topological polar surface area (TPSA) is 80.7 Å². The smallest absolute Gasteiger partial charge is 0.213 e. The molecule has 0 fully saturated rings. The Labute approximate surface area is 119 Å². The Bertz CT molecular complexity index is 610. The lowest BCUT2D eigenvalue weighted by Crippen LogP contribution is -2.05. The fourth-order valence-electron chi connectivity index (χ4n) is 1.39. The van der Waals surface area contributed by atoms with E-state index in [9.17, 15) is 9.59 Å². The lowest BCUT2D eigenvalue weighted by atomic mass is 10.2. The van der Waals surface area contributed by atoms with Crippen molar-refractivity contribution in [2.45, 2.75) is 6.61 Å². The predicted molar refractivity (Wildman–Crippen MR) is 75.6 cm³/mol. The number of thiazole rings is 1. The van der Waals surface area contributed by atoms with Crippen LogP contribution in [0.2, 0.25) is 0 Å². The van der Waals surface area contributed by atoms with Crippen molar-refractivity contribution in [1.29, 1.82) is 0 Å². The Morgan fingerprint density at radius 2 is 2.15 bits per heavy atom. The highest BCUT2D eigenvalue weighted by atomic mass is 32.1. The molecule has 1 aromatic heterocycles. The van der Waals surface area contributed by atoms with Crippen molar-refractivity contribution in [3.05, 3.63) is 47.0 Å². The van der Waals surface area contributed by atoms with E-state index in [1.807, 2.05) is 30.3 Å². The van der Waals surface area contributed by atoms with E-state index in [0.29, 0.717) is 23.5 Å². The van der Waals surface area contributed by atoms with Gasteiger partial charge in [0.2, 0.25) is 6.41 Å². The second-order valence-corrected chi connectivity index (χ2v) is 4.51. The van der Waals surface area contributed by atoms with Gasteiger partial charge in [-0.15, -0.1) is 11.3 Å². The molecule has 1 heterocycles. The molecule has 6 nitrogen and oxygen atoms in total. The van der Waals surface area contributed by atoms with Gasteiger partial charge in [-0.3, -0.25) is 9.59 Å². The van der Waals surface area contributed by atoms with Crippen LogP contribution in [0.25, 0.3) is 0 Å². The monoisotopic (exact) mass is 289 g/mol. The highest BCUT2D eigenvalue weighted by molar-refractivity contribution is 7.14. The summed E-state index contributed by atoms with van der Waals surface area (Å²) in [5.41, 5.74) is 1.39. The number of aromatic nitrogens is 1. The molecule has 0 radical (unpaired) electrons. The number of hydrogen-bond acceptors (Lipinski definition) is 6. The summed E-state index contributed by atoms with van der Waals surface area (Å²) in [6.45, 7) is 0.266. The molecule has 1 N–H and O–H groups in total. The number of hydrogen-bond donors (Lipinski definition) is 1. The fraction of sp³-hybridized carbons (Fsp3) is 0.0769. The molecule has 2 rings (SSSR count). The SMILES string of the molecule is O=CNc1nc(C(C=O)=NOCc2ccccc2)cs1. The van der Waals surface area contributed by atoms with Crippen molar-refractivity contribution < 1.29 is 14.4 Å². The van der Waals surface area contributed by atoms with Crippen LogP contribution in [0.1, 0.15) is 11.3 Å². The Kier molecular flexibility index (Phi) is 4.96. The van der Waals surface area contributed by atoms with Gasteiger partial charge < -0.3 is 10.2 Å². The zero-order chi connectivity index (χ0) is 14.2. The van der Waals surface area contributed by atoms with Crippen LogP contribution in [0.3, 0.4) is 0 Å². The fourth-order valence-corrected chi connectivity index (χ4v) is 2.05. The zero-order valence-corrected chi connectivity index (χ0v) is 11.2. The second kappa shape index (κ2) is 7.15. The summed E-state index contributed by atoms with van der Waals surface area (Å²) >= 11 is 1.20. The molecule has 2 aromatic rings. The molecule has 0 aliphatic heterocycles. The number of amides is 1. The number of aldehydes is 1. The van der Waals surface area contributed by atoms with Gasteiger partial charge in [0.1, 0.15) is 12.3 Å². The highest BCUT2D eigenvalue weighted by Gasteiger charge is 2.08. The Balaban J connectivity index is 2.01. The summed E-state index contributed by atoms with van der Waals surface area (Å²) in [5, 5.41) is 8.17. The van der Waals surface area contributed by atoms with Gasteiger partial charge in [0.25, 0.3) is 0 Å². The molecule has 0 aliphatic rings. The molecule has 20 heavy (non-hydrogen) atoms. The van der Waals surface area contributed by atoms with E-state index in [1.54, 1.807) is 5.38 Å². The van der Waals surface area contributed by atoms with E-state index in [4.69, 9.17) is 4.84 Å². The van der Waals surface area contributed by atoms with Crippen LogP contribution in [0, 0.1) is 0 Å². The van der Waals surface area contributed by atoms with Crippen LogP contribution in [-0.2, 0) is 21.0 Å². The minimum Gasteiger partial charge on any atom is -0.390 e. The summed E-state index contributed by atoms with van der Waals surface area (Å²) < 4.78 is 0. The van der Waals surface area contributed by atoms with Crippen molar-refractivity contribution in [3.8, 4) is 0 Å². The molecular weight excluding hydrogens is 278 g/mol. The summed E-state index contributed by atoms with van der Waals surface area (Å²) in [6.07, 6.45) is 1.08. The molecule has 0 saturated carbocycles. The number of nitrogens with zero attached hydrogens (tertiary/aromatic N) is 2. The first-order valence-corrected chi connectivity index (χ1v) is 6.56. The van der Waals surface area contributed by atoms with E-state index in [2.05, 4.69) is 15.5 Å². The second-order valence-electron chi connectivity index (χ2n) is 3.65. The van der Waals surface area contributed by atoms with E-state index in [-0.39, 0.29) is 12.3 Å². The average molecular weight is 289 g/mol.